The Morgan fingerprint density at radius 2 is 2.33 bits per heavy atom. The lowest BCUT2D eigenvalue weighted by Crippen LogP contribution is -2.12. The predicted molar refractivity (Wildman–Crippen MR) is 37.8 cm³/mol. The highest BCUT2D eigenvalue weighted by molar-refractivity contribution is 9.08. The highest BCUT2D eigenvalue weighted by Gasteiger charge is 1.91. The summed E-state index contributed by atoms with van der Waals surface area (Å²) in [5, 5.41) is 3.84. The molecule has 5 heteroatoms. The standard InChI is InChI=1S/C4H2BrClN2O/c5-8-4(9)2-1-3(6)7-8/h1-2H. The third-order valence-electron chi connectivity index (χ3n) is 0.729. The van der Waals surface area contributed by atoms with Crippen LogP contribution in [0, 0.1) is 0 Å². The Labute approximate surface area is 64.6 Å². The third kappa shape index (κ3) is 1.53. The zero-order chi connectivity index (χ0) is 6.85. The lowest BCUT2D eigenvalue weighted by atomic mass is 10.6. The molecule has 1 aromatic heterocycles. The van der Waals surface area contributed by atoms with Crippen LogP contribution in [0.25, 0.3) is 0 Å². The summed E-state index contributed by atoms with van der Waals surface area (Å²) < 4.78 is 0.995. The van der Waals surface area contributed by atoms with Crippen LogP contribution in [-0.4, -0.2) is 8.81 Å². The van der Waals surface area contributed by atoms with E-state index in [0.717, 1.165) is 3.71 Å². The van der Waals surface area contributed by atoms with Gasteiger partial charge in [0.2, 0.25) is 0 Å². The third-order valence-corrected chi connectivity index (χ3v) is 1.44. The van der Waals surface area contributed by atoms with Crippen LogP contribution in [0.1, 0.15) is 0 Å². The topological polar surface area (TPSA) is 34.9 Å². The van der Waals surface area contributed by atoms with Crippen molar-refractivity contribution >= 4 is 27.7 Å². The molecule has 0 unspecified atom stereocenters. The molecule has 1 aromatic rings. The van der Waals surface area contributed by atoms with Gasteiger partial charge in [-0.25, -0.2) is 0 Å². The smallest absolute Gasteiger partial charge is 0.267 e. The molecule has 0 radical (unpaired) electrons. The molecule has 0 spiro atoms. The number of rotatable bonds is 0. The van der Waals surface area contributed by atoms with Gasteiger partial charge in [-0.2, -0.15) is 3.71 Å². The fourth-order valence-corrected chi connectivity index (χ4v) is 0.887. The minimum Gasteiger partial charge on any atom is -0.267 e. The normalized spacial score (nSPS) is 9.56. The van der Waals surface area contributed by atoms with Gasteiger partial charge in [-0.05, 0) is 6.07 Å². The number of nitrogens with zero attached hydrogens (tertiary/aromatic N) is 2. The molecule has 0 amide bonds. The number of hydrogen-bond acceptors (Lipinski definition) is 2. The van der Waals surface area contributed by atoms with Gasteiger partial charge in [-0.15, -0.1) is 5.10 Å². The van der Waals surface area contributed by atoms with Crippen molar-refractivity contribution < 1.29 is 0 Å². The second kappa shape index (κ2) is 2.49. The first-order chi connectivity index (χ1) is 4.20. The van der Waals surface area contributed by atoms with Crippen molar-refractivity contribution in [2.24, 2.45) is 0 Å². The molecule has 0 bridgehead atoms. The maximum atomic E-state index is 10.6. The first-order valence-electron chi connectivity index (χ1n) is 2.12. The van der Waals surface area contributed by atoms with Gasteiger partial charge in [-0.1, -0.05) is 11.6 Å². The summed E-state index contributed by atoms with van der Waals surface area (Å²) in [6.45, 7) is 0. The van der Waals surface area contributed by atoms with Crippen molar-refractivity contribution in [1.29, 1.82) is 0 Å². The summed E-state index contributed by atoms with van der Waals surface area (Å²) in [4.78, 5) is 10.6. The van der Waals surface area contributed by atoms with Crippen molar-refractivity contribution in [1.82, 2.24) is 8.81 Å². The van der Waals surface area contributed by atoms with Gasteiger partial charge < -0.3 is 0 Å². The van der Waals surface area contributed by atoms with Gasteiger partial charge in [0.1, 0.15) is 0 Å². The van der Waals surface area contributed by atoms with Gasteiger partial charge in [0, 0.05) is 6.07 Å². The Kier molecular flexibility index (Phi) is 1.87. The Bertz CT molecular complexity index is 272. The Morgan fingerprint density at radius 1 is 1.67 bits per heavy atom. The molecule has 0 saturated heterocycles. The molecule has 0 saturated carbocycles. The summed E-state index contributed by atoms with van der Waals surface area (Å²) in [5.41, 5.74) is -0.237. The maximum absolute atomic E-state index is 10.6. The molecule has 0 N–H and O–H groups in total. The summed E-state index contributed by atoms with van der Waals surface area (Å²) in [5.74, 6) is 0. The van der Waals surface area contributed by atoms with Crippen LogP contribution in [0.2, 0.25) is 5.15 Å². The molecule has 0 aromatic carbocycles. The molecule has 0 atom stereocenters. The first kappa shape index (κ1) is 6.77. The molecule has 1 heterocycles. The van der Waals surface area contributed by atoms with Crippen LogP contribution >= 0.6 is 27.7 Å². The van der Waals surface area contributed by atoms with Crippen LogP contribution in [0.4, 0.5) is 0 Å². The Hall–Kier alpha value is -0.350. The zero-order valence-electron chi connectivity index (χ0n) is 4.21. The maximum Gasteiger partial charge on any atom is 0.277 e. The zero-order valence-corrected chi connectivity index (χ0v) is 6.56. The number of halogens is 2. The minimum absolute atomic E-state index is 0.237. The van der Waals surface area contributed by atoms with Crippen molar-refractivity contribution in [3.05, 3.63) is 27.6 Å². The molecular weight excluding hydrogens is 207 g/mol. The van der Waals surface area contributed by atoms with Gasteiger partial charge >= 0.3 is 0 Å². The monoisotopic (exact) mass is 208 g/mol. The molecule has 0 aliphatic rings. The second-order valence-corrected chi connectivity index (χ2v) is 2.41. The van der Waals surface area contributed by atoms with Crippen LogP contribution in [0.15, 0.2) is 16.9 Å². The van der Waals surface area contributed by atoms with E-state index in [1.807, 2.05) is 0 Å². The summed E-state index contributed by atoms with van der Waals surface area (Å²) in [7, 11) is 0. The van der Waals surface area contributed by atoms with E-state index in [2.05, 4.69) is 21.2 Å². The first-order valence-corrected chi connectivity index (χ1v) is 3.21. The molecule has 48 valence electrons. The van der Waals surface area contributed by atoms with Crippen molar-refractivity contribution in [3.63, 3.8) is 0 Å². The van der Waals surface area contributed by atoms with Gasteiger partial charge in [-0.3, -0.25) is 4.79 Å². The van der Waals surface area contributed by atoms with E-state index in [1.165, 1.54) is 12.1 Å². The molecule has 9 heavy (non-hydrogen) atoms. The molecule has 1 rings (SSSR count). The number of aromatic nitrogens is 2. The van der Waals surface area contributed by atoms with E-state index < -0.39 is 0 Å². The number of hydrogen-bond donors (Lipinski definition) is 0. The summed E-state index contributed by atoms with van der Waals surface area (Å²) in [6.07, 6.45) is 0. The molecule has 0 aliphatic heterocycles. The van der Waals surface area contributed by atoms with E-state index in [1.54, 1.807) is 0 Å². The van der Waals surface area contributed by atoms with Crippen molar-refractivity contribution in [2.45, 2.75) is 0 Å². The molecular formula is C4H2BrClN2O. The molecule has 0 fully saturated rings. The van der Waals surface area contributed by atoms with Crippen LogP contribution in [0.5, 0.6) is 0 Å². The SMILES string of the molecule is O=c1ccc(Cl)nn1Br. The highest BCUT2D eigenvalue weighted by atomic mass is 79.9. The van der Waals surface area contributed by atoms with Crippen LogP contribution < -0.4 is 5.56 Å². The van der Waals surface area contributed by atoms with E-state index in [9.17, 15) is 4.79 Å². The average molecular weight is 209 g/mol. The van der Waals surface area contributed by atoms with E-state index in [4.69, 9.17) is 11.6 Å². The fourth-order valence-electron chi connectivity index (χ4n) is 0.368. The van der Waals surface area contributed by atoms with E-state index in [-0.39, 0.29) is 10.7 Å². The van der Waals surface area contributed by atoms with Gasteiger partial charge in [0.15, 0.2) is 5.15 Å². The second-order valence-electron chi connectivity index (χ2n) is 1.35. The predicted octanol–water partition coefficient (Wildman–Crippen LogP) is 1.05. The lowest BCUT2D eigenvalue weighted by molar-refractivity contribution is 0.937. The largest absolute Gasteiger partial charge is 0.277 e. The highest BCUT2D eigenvalue weighted by Crippen LogP contribution is 1.98. The minimum atomic E-state index is -0.237. The fraction of sp³-hybridized carbons (Fsp3) is 0. The average Bonchev–Trinajstić information content (AvgIpc) is 1.80. The summed E-state index contributed by atoms with van der Waals surface area (Å²) in [6, 6.07) is 2.76. The van der Waals surface area contributed by atoms with Crippen LogP contribution in [0.3, 0.4) is 0 Å². The van der Waals surface area contributed by atoms with E-state index >= 15 is 0 Å². The van der Waals surface area contributed by atoms with Gasteiger partial charge in [0.05, 0.1) is 16.1 Å². The van der Waals surface area contributed by atoms with E-state index in [0.29, 0.717) is 0 Å². The van der Waals surface area contributed by atoms with Crippen molar-refractivity contribution in [2.75, 3.05) is 0 Å². The molecule has 3 nitrogen and oxygen atoms in total. The van der Waals surface area contributed by atoms with Crippen LogP contribution in [-0.2, 0) is 0 Å². The quantitative estimate of drug-likeness (QED) is 0.640. The summed E-state index contributed by atoms with van der Waals surface area (Å²) >= 11 is 8.27. The lowest BCUT2D eigenvalue weighted by Gasteiger charge is -1.89. The Morgan fingerprint density at radius 3 is 2.78 bits per heavy atom. The van der Waals surface area contributed by atoms with Gasteiger partial charge in [0.25, 0.3) is 5.56 Å². The molecule has 0 aliphatic carbocycles. The van der Waals surface area contributed by atoms with Crippen molar-refractivity contribution in [3.8, 4) is 0 Å². The Balaban J connectivity index is 3.34.